The van der Waals surface area contributed by atoms with E-state index in [2.05, 4.69) is 15.9 Å². The van der Waals surface area contributed by atoms with Crippen molar-refractivity contribution in [3.8, 4) is 10.6 Å². The minimum atomic E-state index is -0.906. The Labute approximate surface area is 98.5 Å². The van der Waals surface area contributed by atoms with Gasteiger partial charge in [-0.05, 0) is 40.5 Å². The van der Waals surface area contributed by atoms with Gasteiger partial charge in [0.2, 0.25) is 0 Å². The van der Waals surface area contributed by atoms with Gasteiger partial charge in [-0.15, -0.1) is 11.3 Å². The van der Waals surface area contributed by atoms with Crippen molar-refractivity contribution in [3.63, 3.8) is 0 Å². The molecule has 0 aromatic carbocycles. The predicted molar refractivity (Wildman–Crippen MR) is 61.4 cm³/mol. The molecule has 2 heterocycles. The molecule has 1 N–H and O–H groups in total. The highest BCUT2D eigenvalue weighted by Gasteiger charge is 2.16. The highest BCUT2D eigenvalue weighted by atomic mass is 79.9. The lowest BCUT2D eigenvalue weighted by Crippen LogP contribution is -1.89. The largest absolute Gasteiger partial charge is 0.477 e. The lowest BCUT2D eigenvalue weighted by atomic mass is 10.2. The zero-order chi connectivity index (χ0) is 11.0. The molecule has 3 nitrogen and oxygen atoms in total. The van der Waals surface area contributed by atoms with Crippen molar-refractivity contribution in [1.29, 1.82) is 0 Å². The molecular weight excluding hydrogens is 280 g/mol. The van der Waals surface area contributed by atoms with E-state index in [4.69, 9.17) is 9.52 Å². The molecule has 0 aliphatic rings. The minimum Gasteiger partial charge on any atom is -0.477 e. The van der Waals surface area contributed by atoms with Gasteiger partial charge in [0, 0.05) is 0 Å². The van der Waals surface area contributed by atoms with Gasteiger partial charge in [-0.25, -0.2) is 4.79 Å². The number of hydrogen-bond acceptors (Lipinski definition) is 3. The highest BCUT2D eigenvalue weighted by molar-refractivity contribution is 9.10. The van der Waals surface area contributed by atoms with E-state index in [9.17, 15) is 4.79 Å². The Hall–Kier alpha value is -1.07. The number of carboxylic acid groups (broad SMARTS) is 1. The van der Waals surface area contributed by atoms with Crippen LogP contribution in [0.25, 0.3) is 10.6 Å². The maximum absolute atomic E-state index is 10.8. The first-order valence-electron chi connectivity index (χ1n) is 4.16. The molecule has 0 amide bonds. The maximum Gasteiger partial charge on any atom is 0.345 e. The van der Waals surface area contributed by atoms with Gasteiger partial charge < -0.3 is 9.52 Å². The molecule has 0 saturated carbocycles. The number of aromatic carboxylic acids is 1. The van der Waals surface area contributed by atoms with Crippen LogP contribution in [0.4, 0.5) is 0 Å². The van der Waals surface area contributed by atoms with E-state index in [0.717, 1.165) is 14.9 Å². The van der Waals surface area contributed by atoms with Crippen LogP contribution >= 0.6 is 27.3 Å². The Morgan fingerprint density at radius 2 is 2.33 bits per heavy atom. The lowest BCUT2D eigenvalue weighted by molar-refractivity contribution is 0.0702. The van der Waals surface area contributed by atoms with Crippen LogP contribution in [0.2, 0.25) is 0 Å². The zero-order valence-corrected chi connectivity index (χ0v) is 10.2. The van der Waals surface area contributed by atoms with Gasteiger partial charge in [0.1, 0.15) is 4.88 Å². The zero-order valence-electron chi connectivity index (χ0n) is 7.78. The van der Waals surface area contributed by atoms with Gasteiger partial charge in [0.25, 0.3) is 0 Å². The summed E-state index contributed by atoms with van der Waals surface area (Å²) < 4.78 is 6.13. The molecule has 0 bridgehead atoms. The van der Waals surface area contributed by atoms with Crippen LogP contribution in [-0.4, -0.2) is 11.1 Å². The molecule has 0 fully saturated rings. The van der Waals surface area contributed by atoms with E-state index in [0.29, 0.717) is 10.6 Å². The fourth-order valence-corrected chi connectivity index (χ4v) is 2.81. The lowest BCUT2D eigenvalue weighted by Gasteiger charge is -1.94. The van der Waals surface area contributed by atoms with Crippen molar-refractivity contribution < 1.29 is 14.3 Å². The number of carbonyl (C=O) groups is 1. The van der Waals surface area contributed by atoms with Gasteiger partial charge >= 0.3 is 5.97 Å². The van der Waals surface area contributed by atoms with Crippen LogP contribution in [0.3, 0.4) is 0 Å². The Morgan fingerprint density at radius 3 is 2.80 bits per heavy atom. The van der Waals surface area contributed by atoms with Crippen molar-refractivity contribution in [2.75, 3.05) is 0 Å². The first-order chi connectivity index (χ1) is 7.09. The molecule has 0 radical (unpaired) electrons. The van der Waals surface area contributed by atoms with Crippen LogP contribution < -0.4 is 0 Å². The predicted octanol–water partition coefficient (Wildman–Crippen LogP) is 3.78. The molecule has 0 spiro atoms. The Balaban J connectivity index is 2.54. The van der Waals surface area contributed by atoms with Gasteiger partial charge in [0.05, 0.1) is 15.6 Å². The van der Waals surface area contributed by atoms with E-state index in [1.807, 2.05) is 6.92 Å². The number of thiophene rings is 1. The third-order valence-corrected chi connectivity index (χ3v) is 3.80. The third kappa shape index (κ3) is 1.85. The molecule has 2 aromatic rings. The van der Waals surface area contributed by atoms with Crippen LogP contribution in [0.5, 0.6) is 0 Å². The summed E-state index contributed by atoms with van der Waals surface area (Å²) in [5, 5.41) is 8.86. The number of carboxylic acids is 1. The van der Waals surface area contributed by atoms with Gasteiger partial charge in [-0.3, -0.25) is 0 Å². The smallest absolute Gasteiger partial charge is 0.345 e. The second-order valence-electron chi connectivity index (χ2n) is 3.03. The summed E-state index contributed by atoms with van der Waals surface area (Å²) in [6.45, 7) is 1.87. The average Bonchev–Trinajstić information content (AvgIpc) is 2.71. The van der Waals surface area contributed by atoms with Crippen molar-refractivity contribution in [3.05, 3.63) is 33.3 Å². The first-order valence-corrected chi connectivity index (χ1v) is 5.77. The summed E-state index contributed by atoms with van der Waals surface area (Å²) in [5.74, 6) is -0.220. The molecule has 15 heavy (non-hydrogen) atoms. The SMILES string of the molecule is Cc1cc(C(=O)O)sc1-c1occc1Br. The molecule has 5 heteroatoms. The van der Waals surface area contributed by atoms with Crippen LogP contribution in [0, 0.1) is 6.92 Å². The number of hydrogen-bond donors (Lipinski definition) is 1. The second kappa shape index (κ2) is 3.83. The van der Waals surface area contributed by atoms with Crippen molar-refractivity contribution >= 4 is 33.2 Å². The van der Waals surface area contributed by atoms with Gasteiger partial charge in [-0.2, -0.15) is 0 Å². The number of rotatable bonds is 2. The number of halogens is 1. The summed E-state index contributed by atoms with van der Waals surface area (Å²) in [5.41, 5.74) is 0.910. The summed E-state index contributed by atoms with van der Waals surface area (Å²) >= 11 is 4.57. The highest BCUT2D eigenvalue weighted by Crippen LogP contribution is 2.37. The van der Waals surface area contributed by atoms with Crippen molar-refractivity contribution in [2.45, 2.75) is 6.92 Å². The molecule has 0 aliphatic heterocycles. The molecule has 0 atom stereocenters. The Bertz CT molecular complexity index is 512. The fraction of sp³-hybridized carbons (Fsp3) is 0.100. The van der Waals surface area contributed by atoms with Crippen LogP contribution in [-0.2, 0) is 0 Å². The monoisotopic (exact) mass is 286 g/mol. The van der Waals surface area contributed by atoms with E-state index in [1.54, 1.807) is 18.4 Å². The fourth-order valence-electron chi connectivity index (χ4n) is 1.27. The summed E-state index contributed by atoms with van der Waals surface area (Å²) in [6, 6.07) is 3.44. The van der Waals surface area contributed by atoms with E-state index in [-0.39, 0.29) is 0 Å². The standard InChI is InChI=1S/C10H7BrO3S/c1-5-4-7(10(12)13)15-9(5)8-6(11)2-3-14-8/h2-4H,1H3,(H,12,13). The topological polar surface area (TPSA) is 50.4 Å². The summed E-state index contributed by atoms with van der Waals surface area (Å²) in [6.07, 6.45) is 1.57. The molecule has 78 valence electrons. The third-order valence-electron chi connectivity index (χ3n) is 1.95. The molecular formula is C10H7BrO3S. The van der Waals surface area contributed by atoms with Crippen molar-refractivity contribution in [2.24, 2.45) is 0 Å². The van der Waals surface area contributed by atoms with Gasteiger partial charge in [-0.1, -0.05) is 0 Å². The Morgan fingerprint density at radius 1 is 1.60 bits per heavy atom. The van der Waals surface area contributed by atoms with E-state index in [1.165, 1.54) is 11.3 Å². The molecule has 2 aromatic heterocycles. The summed E-state index contributed by atoms with van der Waals surface area (Å²) in [7, 11) is 0. The van der Waals surface area contributed by atoms with Crippen molar-refractivity contribution in [1.82, 2.24) is 0 Å². The quantitative estimate of drug-likeness (QED) is 0.914. The summed E-state index contributed by atoms with van der Waals surface area (Å²) in [4.78, 5) is 12.0. The molecule has 2 rings (SSSR count). The average molecular weight is 287 g/mol. The maximum atomic E-state index is 10.8. The van der Waals surface area contributed by atoms with Crippen LogP contribution in [0.15, 0.2) is 27.3 Å². The minimum absolute atomic E-state index is 0.325. The number of aryl methyl sites for hydroxylation is 1. The Kier molecular flexibility index (Phi) is 2.67. The van der Waals surface area contributed by atoms with E-state index < -0.39 is 5.97 Å². The second-order valence-corrected chi connectivity index (χ2v) is 4.93. The van der Waals surface area contributed by atoms with Gasteiger partial charge in [0.15, 0.2) is 5.76 Å². The normalized spacial score (nSPS) is 10.5. The van der Waals surface area contributed by atoms with Crippen LogP contribution in [0.1, 0.15) is 15.2 Å². The molecule has 0 aliphatic carbocycles. The first kappa shape index (κ1) is 10.4. The number of furan rings is 1. The molecule has 0 unspecified atom stereocenters. The van der Waals surface area contributed by atoms with E-state index >= 15 is 0 Å². The molecule has 0 saturated heterocycles.